The predicted octanol–water partition coefficient (Wildman–Crippen LogP) is -6.67. The predicted molar refractivity (Wildman–Crippen MR) is 127 cm³/mol. The number of aliphatic hydroxyl groups excluding tert-OH is 8. The molecule has 3 aliphatic heterocycles. The molecule has 3 heterocycles. The highest BCUT2D eigenvalue weighted by Crippen LogP contribution is 2.35. The molecule has 0 radical (unpaired) electrons. The fourth-order valence-electron chi connectivity index (χ4n) is 4.66. The summed E-state index contributed by atoms with van der Waals surface area (Å²) in [4.78, 5) is 0. The molecule has 230 valence electrons. The SMILES string of the molecule is CC(C)CO[C@]1(CO)O[C@H](OC2[C@@H](CO)O[C@@H](OC3[C@@H](CO)O[C@@H](O)[C@H](N)[C@H]3O)[C@H](N)[C@H]2O)[C@H](N)[C@@H](O)[C@@H]1O. The van der Waals surface area contributed by atoms with Crippen molar-refractivity contribution < 1.29 is 69.3 Å². The van der Waals surface area contributed by atoms with Gasteiger partial charge in [0.1, 0.15) is 55.4 Å². The van der Waals surface area contributed by atoms with E-state index < -0.39 is 111 Å². The van der Waals surface area contributed by atoms with Crippen molar-refractivity contribution in [1.82, 2.24) is 0 Å². The van der Waals surface area contributed by atoms with E-state index in [9.17, 15) is 40.9 Å². The minimum absolute atomic E-state index is 0.0325. The van der Waals surface area contributed by atoms with Gasteiger partial charge in [-0.25, -0.2) is 0 Å². The molecule has 17 nitrogen and oxygen atoms in total. The average Bonchev–Trinajstić information content (AvgIpc) is 2.91. The van der Waals surface area contributed by atoms with Crippen molar-refractivity contribution in [2.24, 2.45) is 23.1 Å². The van der Waals surface area contributed by atoms with Crippen molar-refractivity contribution >= 4 is 0 Å². The Kier molecular flexibility index (Phi) is 11.4. The maximum absolute atomic E-state index is 11.0. The maximum Gasteiger partial charge on any atom is 0.223 e. The quantitative estimate of drug-likeness (QED) is 0.116. The van der Waals surface area contributed by atoms with Crippen LogP contribution in [0.25, 0.3) is 0 Å². The minimum atomic E-state index is -2.10. The van der Waals surface area contributed by atoms with Crippen LogP contribution in [-0.2, 0) is 28.4 Å². The second-order valence-electron chi connectivity index (χ2n) is 10.5. The largest absolute Gasteiger partial charge is 0.394 e. The Bertz CT molecular complexity index is 768. The summed E-state index contributed by atoms with van der Waals surface area (Å²) in [6.45, 7) is 1.39. The molecule has 39 heavy (non-hydrogen) atoms. The number of hydrogen-bond donors (Lipinski definition) is 11. The van der Waals surface area contributed by atoms with E-state index in [1.165, 1.54) is 0 Å². The summed E-state index contributed by atoms with van der Waals surface area (Å²) in [5, 5.41) is 82.0. The fourth-order valence-corrected chi connectivity index (χ4v) is 4.66. The lowest BCUT2D eigenvalue weighted by atomic mass is 9.93. The number of ether oxygens (including phenoxy) is 6. The van der Waals surface area contributed by atoms with Crippen LogP contribution in [0.15, 0.2) is 0 Å². The second kappa shape index (κ2) is 13.5. The van der Waals surface area contributed by atoms with Crippen LogP contribution in [-0.4, -0.2) is 159 Å². The topological polar surface area (TPSA) is 295 Å². The summed E-state index contributed by atoms with van der Waals surface area (Å²) in [6.07, 6.45) is -16.5. The van der Waals surface area contributed by atoms with Crippen molar-refractivity contribution in [2.75, 3.05) is 26.4 Å². The van der Waals surface area contributed by atoms with E-state index in [2.05, 4.69) is 0 Å². The van der Waals surface area contributed by atoms with Gasteiger partial charge in [0.2, 0.25) is 5.79 Å². The summed E-state index contributed by atoms with van der Waals surface area (Å²) in [7, 11) is 0. The van der Waals surface area contributed by atoms with Gasteiger partial charge in [-0.3, -0.25) is 0 Å². The molecule has 0 aromatic rings. The molecular formula is C22H43N3O14. The van der Waals surface area contributed by atoms with E-state index in [1.54, 1.807) is 0 Å². The van der Waals surface area contributed by atoms with Crippen molar-refractivity contribution in [1.29, 1.82) is 0 Å². The average molecular weight is 574 g/mol. The van der Waals surface area contributed by atoms with Gasteiger partial charge in [0.15, 0.2) is 18.9 Å². The Balaban J connectivity index is 1.76. The molecule has 0 aromatic heterocycles. The molecule has 0 amide bonds. The molecule has 0 spiro atoms. The Morgan fingerprint density at radius 3 is 1.79 bits per heavy atom. The van der Waals surface area contributed by atoms with Gasteiger partial charge in [0.25, 0.3) is 0 Å². The second-order valence-corrected chi connectivity index (χ2v) is 10.5. The van der Waals surface area contributed by atoms with E-state index in [1.807, 2.05) is 13.8 Å². The zero-order valence-corrected chi connectivity index (χ0v) is 21.7. The standard InChI is InChI=1S/C22H43N3O14/c1-7(2)5-34-22(6-28)18(32)15(31)12(25)21(39-22)38-17-9(4-27)36-20(11(24)14(17)30)37-16-8(3-26)35-19(33)10(23)13(16)29/h7-21,26-33H,3-6,23-25H2,1-2H3/t8-,9-,10-,11-,12-,13-,14-,15-,16?,17?,18+,19-,20+,21+,22-/m1/s1. The molecule has 3 aliphatic rings. The van der Waals surface area contributed by atoms with Gasteiger partial charge in [-0.05, 0) is 5.92 Å². The van der Waals surface area contributed by atoms with Gasteiger partial charge in [-0.15, -0.1) is 0 Å². The Morgan fingerprint density at radius 2 is 1.26 bits per heavy atom. The Morgan fingerprint density at radius 1 is 0.744 bits per heavy atom. The lowest BCUT2D eigenvalue weighted by molar-refractivity contribution is -0.409. The maximum atomic E-state index is 11.0. The molecule has 0 aromatic carbocycles. The summed E-state index contributed by atoms with van der Waals surface area (Å²) < 4.78 is 33.6. The zero-order chi connectivity index (χ0) is 29.2. The first-order valence-electron chi connectivity index (χ1n) is 12.7. The summed E-state index contributed by atoms with van der Waals surface area (Å²) in [5.41, 5.74) is 17.9. The lowest BCUT2D eigenvalue weighted by Crippen LogP contribution is -2.72. The van der Waals surface area contributed by atoms with E-state index in [4.69, 9.17) is 45.6 Å². The minimum Gasteiger partial charge on any atom is -0.394 e. The Labute approximate surface area is 224 Å². The molecule has 15 atom stereocenters. The van der Waals surface area contributed by atoms with E-state index in [0.717, 1.165) is 0 Å². The van der Waals surface area contributed by atoms with E-state index >= 15 is 0 Å². The van der Waals surface area contributed by atoms with Crippen LogP contribution in [0.5, 0.6) is 0 Å². The molecule has 2 unspecified atom stereocenters. The van der Waals surface area contributed by atoms with Crippen molar-refractivity contribution in [2.45, 2.75) is 105 Å². The molecular weight excluding hydrogens is 530 g/mol. The van der Waals surface area contributed by atoms with E-state index in [-0.39, 0.29) is 12.5 Å². The molecule has 0 aliphatic carbocycles. The number of aliphatic hydroxyl groups is 8. The smallest absolute Gasteiger partial charge is 0.223 e. The van der Waals surface area contributed by atoms with Crippen LogP contribution in [0.3, 0.4) is 0 Å². The summed E-state index contributed by atoms with van der Waals surface area (Å²) in [6, 6.07) is -4.04. The monoisotopic (exact) mass is 573 g/mol. The molecule has 17 heteroatoms. The van der Waals surface area contributed by atoms with Gasteiger partial charge in [-0.2, -0.15) is 0 Å². The van der Waals surface area contributed by atoms with Gasteiger partial charge >= 0.3 is 0 Å². The molecule has 3 rings (SSSR count). The van der Waals surface area contributed by atoms with Crippen molar-refractivity contribution in [3.8, 4) is 0 Å². The number of hydrogen-bond acceptors (Lipinski definition) is 17. The molecule has 3 saturated heterocycles. The van der Waals surface area contributed by atoms with Gasteiger partial charge in [-0.1, -0.05) is 13.8 Å². The number of nitrogens with two attached hydrogens (primary N) is 3. The normalized spacial score (nSPS) is 49.4. The van der Waals surface area contributed by atoms with Gasteiger partial charge in [0.05, 0.1) is 37.9 Å². The third-order valence-electron chi connectivity index (χ3n) is 7.08. The number of rotatable bonds is 10. The zero-order valence-electron chi connectivity index (χ0n) is 21.7. The first-order chi connectivity index (χ1) is 18.3. The molecule has 14 N–H and O–H groups in total. The van der Waals surface area contributed by atoms with Crippen molar-refractivity contribution in [3.05, 3.63) is 0 Å². The summed E-state index contributed by atoms with van der Waals surface area (Å²) in [5.74, 6) is -2.14. The molecule has 3 fully saturated rings. The fraction of sp³-hybridized carbons (Fsp3) is 1.00. The van der Waals surface area contributed by atoms with Crippen LogP contribution in [0.2, 0.25) is 0 Å². The third-order valence-corrected chi connectivity index (χ3v) is 7.08. The summed E-state index contributed by atoms with van der Waals surface area (Å²) >= 11 is 0. The van der Waals surface area contributed by atoms with Crippen LogP contribution in [0.4, 0.5) is 0 Å². The van der Waals surface area contributed by atoms with Crippen LogP contribution < -0.4 is 17.2 Å². The third kappa shape index (κ3) is 6.71. The van der Waals surface area contributed by atoms with Gasteiger partial charge in [0, 0.05) is 0 Å². The highest BCUT2D eigenvalue weighted by Gasteiger charge is 2.57. The molecule has 0 bridgehead atoms. The lowest BCUT2D eigenvalue weighted by Gasteiger charge is -2.50. The highest BCUT2D eigenvalue weighted by molar-refractivity contribution is 5.00. The Hall–Kier alpha value is -0.680. The van der Waals surface area contributed by atoms with E-state index in [0.29, 0.717) is 0 Å². The molecule has 0 saturated carbocycles. The first kappa shape index (κ1) is 32.8. The van der Waals surface area contributed by atoms with Gasteiger partial charge < -0.3 is 86.5 Å². The first-order valence-corrected chi connectivity index (χ1v) is 12.7. The van der Waals surface area contributed by atoms with Crippen LogP contribution in [0.1, 0.15) is 13.8 Å². The highest BCUT2D eigenvalue weighted by atomic mass is 16.8. The van der Waals surface area contributed by atoms with Crippen molar-refractivity contribution in [3.63, 3.8) is 0 Å². The van der Waals surface area contributed by atoms with Crippen LogP contribution >= 0.6 is 0 Å². The van der Waals surface area contributed by atoms with Crippen LogP contribution in [0, 0.1) is 5.92 Å².